The first-order chi connectivity index (χ1) is 7.67. The van der Waals surface area contributed by atoms with Crippen LogP contribution in [-0.2, 0) is 6.54 Å². The molecule has 2 N–H and O–H groups in total. The van der Waals surface area contributed by atoms with Crippen molar-refractivity contribution in [3.05, 3.63) is 29.6 Å². The second-order valence-corrected chi connectivity index (χ2v) is 4.22. The monoisotopic (exact) mass is 237 g/mol. The zero-order valence-corrected chi connectivity index (χ0v) is 10.8. The predicted octanol–water partition coefficient (Wildman–Crippen LogP) is 1.95. The number of hydrogen-bond acceptors (Lipinski definition) is 3. The Bertz CT molecular complexity index is 352. The van der Waals surface area contributed by atoms with Gasteiger partial charge in [-0.25, -0.2) is 0 Å². The van der Waals surface area contributed by atoms with Gasteiger partial charge in [0.15, 0.2) is 0 Å². The molecule has 4 heteroatoms. The van der Waals surface area contributed by atoms with Crippen molar-refractivity contribution in [2.75, 3.05) is 13.1 Å². The molecule has 0 radical (unpaired) electrons. The van der Waals surface area contributed by atoms with Crippen molar-refractivity contribution in [1.29, 1.82) is 0 Å². The van der Waals surface area contributed by atoms with E-state index in [-0.39, 0.29) is 0 Å². The molecule has 1 rings (SSSR count). The standard InChI is InChI=1S/C12H19N3S/c1-3-7-15(4-2)9-10-5-6-14-11(8-10)12(13)16/h5-6,8H,3-4,7,9H2,1-2H3,(H2,13,16). The third kappa shape index (κ3) is 3.87. The van der Waals surface area contributed by atoms with E-state index in [2.05, 4.69) is 23.7 Å². The van der Waals surface area contributed by atoms with E-state index in [4.69, 9.17) is 18.0 Å². The Kier molecular flexibility index (Phi) is 5.35. The number of hydrogen-bond donors (Lipinski definition) is 1. The fourth-order valence-electron chi connectivity index (χ4n) is 1.63. The van der Waals surface area contributed by atoms with Crippen LogP contribution in [0.1, 0.15) is 31.5 Å². The molecule has 88 valence electrons. The van der Waals surface area contributed by atoms with Crippen molar-refractivity contribution in [3.8, 4) is 0 Å². The molecule has 0 aliphatic rings. The normalized spacial score (nSPS) is 10.7. The van der Waals surface area contributed by atoms with Crippen molar-refractivity contribution >= 4 is 17.2 Å². The Morgan fingerprint density at radius 3 is 2.81 bits per heavy atom. The zero-order chi connectivity index (χ0) is 12.0. The third-order valence-electron chi connectivity index (χ3n) is 2.47. The van der Waals surface area contributed by atoms with Crippen LogP contribution in [0, 0.1) is 0 Å². The maximum Gasteiger partial charge on any atom is 0.122 e. The predicted molar refractivity (Wildman–Crippen MR) is 71.4 cm³/mol. The highest BCUT2D eigenvalue weighted by Crippen LogP contribution is 2.06. The molecular weight excluding hydrogens is 218 g/mol. The summed E-state index contributed by atoms with van der Waals surface area (Å²) in [5, 5.41) is 0. The van der Waals surface area contributed by atoms with E-state index in [0.717, 1.165) is 19.6 Å². The maximum absolute atomic E-state index is 5.56. The molecule has 0 amide bonds. The molecule has 0 aromatic carbocycles. The highest BCUT2D eigenvalue weighted by atomic mass is 32.1. The van der Waals surface area contributed by atoms with Gasteiger partial charge >= 0.3 is 0 Å². The average molecular weight is 237 g/mol. The molecule has 1 aromatic heterocycles. The minimum Gasteiger partial charge on any atom is -0.388 e. The molecule has 1 aromatic rings. The number of rotatable bonds is 6. The van der Waals surface area contributed by atoms with Gasteiger partial charge in [-0.05, 0) is 37.2 Å². The van der Waals surface area contributed by atoms with E-state index >= 15 is 0 Å². The summed E-state index contributed by atoms with van der Waals surface area (Å²) >= 11 is 4.92. The molecular formula is C12H19N3S. The number of nitrogens with zero attached hydrogens (tertiary/aromatic N) is 2. The second-order valence-electron chi connectivity index (χ2n) is 3.78. The third-order valence-corrected chi connectivity index (χ3v) is 2.68. The van der Waals surface area contributed by atoms with Crippen molar-refractivity contribution in [2.24, 2.45) is 5.73 Å². The summed E-state index contributed by atoms with van der Waals surface area (Å²) < 4.78 is 0. The Hall–Kier alpha value is -1.00. The van der Waals surface area contributed by atoms with Gasteiger partial charge in [0.2, 0.25) is 0 Å². The van der Waals surface area contributed by atoms with Crippen LogP contribution in [0.2, 0.25) is 0 Å². The van der Waals surface area contributed by atoms with Crippen LogP contribution in [0.4, 0.5) is 0 Å². The molecule has 0 aliphatic carbocycles. The summed E-state index contributed by atoms with van der Waals surface area (Å²) in [5.41, 5.74) is 7.48. The van der Waals surface area contributed by atoms with Crippen molar-refractivity contribution in [3.63, 3.8) is 0 Å². The van der Waals surface area contributed by atoms with Gasteiger partial charge in [-0.3, -0.25) is 9.88 Å². The summed E-state index contributed by atoms with van der Waals surface area (Å²) in [5.74, 6) is 0. The van der Waals surface area contributed by atoms with Gasteiger partial charge in [-0.15, -0.1) is 0 Å². The van der Waals surface area contributed by atoms with E-state index < -0.39 is 0 Å². The molecule has 0 saturated heterocycles. The topological polar surface area (TPSA) is 42.2 Å². The van der Waals surface area contributed by atoms with Gasteiger partial charge in [0.05, 0.1) is 5.69 Å². The van der Waals surface area contributed by atoms with Crippen molar-refractivity contribution in [2.45, 2.75) is 26.8 Å². The van der Waals surface area contributed by atoms with Gasteiger partial charge in [-0.2, -0.15) is 0 Å². The lowest BCUT2D eigenvalue weighted by molar-refractivity contribution is 0.280. The molecule has 3 nitrogen and oxygen atoms in total. The van der Waals surface area contributed by atoms with E-state index in [1.807, 2.05) is 12.1 Å². The van der Waals surface area contributed by atoms with Crippen LogP contribution < -0.4 is 5.73 Å². The molecule has 0 unspecified atom stereocenters. The van der Waals surface area contributed by atoms with Crippen LogP contribution >= 0.6 is 12.2 Å². The van der Waals surface area contributed by atoms with E-state index in [1.54, 1.807) is 6.20 Å². The fourth-order valence-corrected chi connectivity index (χ4v) is 1.74. The Labute approximate surface area is 103 Å². The molecule has 0 bridgehead atoms. The smallest absolute Gasteiger partial charge is 0.122 e. The van der Waals surface area contributed by atoms with Crippen LogP contribution in [0.3, 0.4) is 0 Å². The SMILES string of the molecule is CCCN(CC)Cc1ccnc(C(N)=S)c1. The highest BCUT2D eigenvalue weighted by molar-refractivity contribution is 7.80. The Morgan fingerprint density at radius 2 is 2.25 bits per heavy atom. The molecule has 0 aliphatic heterocycles. The fraction of sp³-hybridized carbons (Fsp3) is 0.500. The van der Waals surface area contributed by atoms with Gasteiger partial charge < -0.3 is 5.73 Å². The summed E-state index contributed by atoms with van der Waals surface area (Å²) in [4.78, 5) is 6.88. The van der Waals surface area contributed by atoms with E-state index in [0.29, 0.717) is 10.7 Å². The first-order valence-electron chi connectivity index (χ1n) is 5.64. The summed E-state index contributed by atoms with van der Waals surface area (Å²) in [6, 6.07) is 3.99. The van der Waals surface area contributed by atoms with Crippen molar-refractivity contribution in [1.82, 2.24) is 9.88 Å². The lowest BCUT2D eigenvalue weighted by atomic mass is 10.2. The van der Waals surface area contributed by atoms with Gasteiger partial charge in [0.25, 0.3) is 0 Å². The van der Waals surface area contributed by atoms with Crippen LogP contribution in [0.25, 0.3) is 0 Å². The first kappa shape index (κ1) is 13.1. The lowest BCUT2D eigenvalue weighted by Gasteiger charge is -2.19. The Balaban J connectivity index is 2.72. The van der Waals surface area contributed by atoms with Crippen LogP contribution in [-0.4, -0.2) is 28.0 Å². The molecule has 1 heterocycles. The quantitative estimate of drug-likeness (QED) is 0.768. The average Bonchev–Trinajstić information content (AvgIpc) is 2.29. The maximum atomic E-state index is 5.56. The van der Waals surface area contributed by atoms with E-state index in [9.17, 15) is 0 Å². The lowest BCUT2D eigenvalue weighted by Crippen LogP contribution is -2.24. The Morgan fingerprint density at radius 1 is 1.50 bits per heavy atom. The minimum atomic E-state index is 0.361. The van der Waals surface area contributed by atoms with Gasteiger partial charge in [-0.1, -0.05) is 26.1 Å². The summed E-state index contributed by atoms with van der Waals surface area (Å²) in [7, 11) is 0. The summed E-state index contributed by atoms with van der Waals surface area (Å²) in [6.07, 6.45) is 2.94. The summed E-state index contributed by atoms with van der Waals surface area (Å²) in [6.45, 7) is 7.46. The second kappa shape index (κ2) is 6.55. The van der Waals surface area contributed by atoms with Crippen molar-refractivity contribution < 1.29 is 0 Å². The molecule has 0 atom stereocenters. The van der Waals surface area contributed by atoms with E-state index in [1.165, 1.54) is 12.0 Å². The zero-order valence-electron chi connectivity index (χ0n) is 9.94. The first-order valence-corrected chi connectivity index (χ1v) is 6.05. The minimum absolute atomic E-state index is 0.361. The number of thiocarbonyl (C=S) groups is 1. The van der Waals surface area contributed by atoms with Gasteiger partial charge in [0, 0.05) is 12.7 Å². The number of aromatic nitrogens is 1. The largest absolute Gasteiger partial charge is 0.388 e. The molecule has 16 heavy (non-hydrogen) atoms. The van der Waals surface area contributed by atoms with Gasteiger partial charge in [0.1, 0.15) is 4.99 Å². The molecule has 0 spiro atoms. The van der Waals surface area contributed by atoms with Crippen LogP contribution in [0.15, 0.2) is 18.3 Å². The molecule has 0 fully saturated rings. The highest BCUT2D eigenvalue weighted by Gasteiger charge is 2.04. The molecule has 0 saturated carbocycles. The number of nitrogens with two attached hydrogens (primary N) is 1. The van der Waals surface area contributed by atoms with Crippen LogP contribution in [0.5, 0.6) is 0 Å². The number of pyridine rings is 1.